The number of anilines is 1. The van der Waals surface area contributed by atoms with Crippen LogP contribution in [0.3, 0.4) is 0 Å². The number of ether oxygens (including phenoxy) is 1. The second kappa shape index (κ2) is 6.77. The van der Waals surface area contributed by atoms with Crippen LogP contribution in [0.1, 0.15) is 34.8 Å². The molecule has 0 unspecified atom stereocenters. The third-order valence-electron chi connectivity index (χ3n) is 5.33. The van der Waals surface area contributed by atoms with Crippen LogP contribution in [-0.4, -0.2) is 36.1 Å². The molecule has 1 saturated heterocycles. The van der Waals surface area contributed by atoms with Gasteiger partial charge >= 0.3 is 0 Å². The van der Waals surface area contributed by atoms with Gasteiger partial charge in [-0.3, -0.25) is 4.68 Å². The molecular weight excluding hydrogens is 319 g/mol. The smallest absolute Gasteiger partial charge is 0.131 e. The second-order valence-electron chi connectivity index (χ2n) is 6.93. The van der Waals surface area contributed by atoms with Gasteiger partial charge in [-0.2, -0.15) is 5.10 Å². The molecule has 1 fully saturated rings. The Morgan fingerprint density at radius 3 is 2.92 bits per heavy atom. The summed E-state index contributed by atoms with van der Waals surface area (Å²) >= 11 is 0. The van der Waals surface area contributed by atoms with Crippen LogP contribution < -0.4 is 10.2 Å². The summed E-state index contributed by atoms with van der Waals surface area (Å²) < 4.78 is 20.9. The molecule has 0 spiro atoms. The van der Waals surface area contributed by atoms with Gasteiger partial charge in [0.15, 0.2) is 0 Å². The lowest BCUT2D eigenvalue weighted by Crippen LogP contribution is -2.38. The molecule has 0 bridgehead atoms. The topological polar surface area (TPSA) is 42.3 Å². The maximum absolute atomic E-state index is 13.4. The lowest BCUT2D eigenvalue weighted by atomic mass is 10.1. The lowest BCUT2D eigenvalue weighted by molar-refractivity contribution is 0.122. The van der Waals surface area contributed by atoms with Gasteiger partial charge in [-0.15, -0.1) is 0 Å². The zero-order valence-electron chi connectivity index (χ0n) is 14.9. The van der Waals surface area contributed by atoms with E-state index in [0.29, 0.717) is 0 Å². The van der Waals surface area contributed by atoms with E-state index in [4.69, 9.17) is 4.74 Å². The zero-order chi connectivity index (χ0) is 17.4. The van der Waals surface area contributed by atoms with Crippen molar-refractivity contribution in [2.24, 2.45) is 7.05 Å². The lowest BCUT2D eigenvalue weighted by Gasteiger charge is -2.30. The molecule has 0 amide bonds. The highest BCUT2D eigenvalue weighted by atomic mass is 19.1. The van der Waals surface area contributed by atoms with E-state index in [2.05, 4.69) is 22.2 Å². The summed E-state index contributed by atoms with van der Waals surface area (Å²) in [5.41, 5.74) is 4.68. The minimum atomic E-state index is -0.142. The molecule has 1 aromatic carbocycles. The molecule has 6 heteroatoms. The van der Waals surface area contributed by atoms with E-state index in [1.54, 1.807) is 12.1 Å². The molecule has 1 aliphatic heterocycles. The number of rotatable bonds is 4. The van der Waals surface area contributed by atoms with E-state index in [0.717, 1.165) is 56.9 Å². The van der Waals surface area contributed by atoms with Gasteiger partial charge in [0.05, 0.1) is 18.9 Å². The van der Waals surface area contributed by atoms with Gasteiger partial charge < -0.3 is 15.0 Å². The third kappa shape index (κ3) is 3.16. The highest BCUT2D eigenvalue weighted by Gasteiger charge is 2.25. The Bertz CT molecular complexity index is 767. The van der Waals surface area contributed by atoms with Crippen LogP contribution in [0.4, 0.5) is 10.2 Å². The number of morpholine rings is 1. The first-order valence-electron chi connectivity index (χ1n) is 9.00. The van der Waals surface area contributed by atoms with Crippen molar-refractivity contribution in [3.05, 3.63) is 46.4 Å². The number of hydrogen-bond donors (Lipinski definition) is 1. The Morgan fingerprint density at radius 2 is 2.12 bits per heavy atom. The van der Waals surface area contributed by atoms with Gasteiger partial charge in [0.2, 0.25) is 0 Å². The van der Waals surface area contributed by atoms with Crippen LogP contribution in [-0.2, 0) is 24.8 Å². The van der Waals surface area contributed by atoms with Gasteiger partial charge in [0.1, 0.15) is 11.6 Å². The summed E-state index contributed by atoms with van der Waals surface area (Å²) in [5.74, 6) is 1.04. The number of halogens is 1. The highest BCUT2D eigenvalue weighted by molar-refractivity contribution is 5.50. The SMILES string of the molecule is Cc1nn(C)c(N2CCOCC2)c1CN[C@@H]1CCc2cc(F)ccc21. The monoisotopic (exact) mass is 344 g/mol. The van der Waals surface area contributed by atoms with Gasteiger partial charge in [-0.05, 0) is 43.0 Å². The van der Waals surface area contributed by atoms with Crippen LogP contribution in [0.5, 0.6) is 0 Å². The molecule has 0 saturated carbocycles. The number of nitrogens with zero attached hydrogens (tertiary/aromatic N) is 3. The Kier molecular flexibility index (Phi) is 4.48. The van der Waals surface area contributed by atoms with E-state index in [-0.39, 0.29) is 11.9 Å². The second-order valence-corrected chi connectivity index (χ2v) is 6.93. The molecule has 5 nitrogen and oxygen atoms in total. The summed E-state index contributed by atoms with van der Waals surface area (Å²) in [4.78, 5) is 2.36. The standard InChI is InChI=1S/C19H25FN4O/c1-13-17(19(23(2)22-13)24-7-9-25-10-8-24)12-21-18-6-3-14-11-15(20)4-5-16(14)18/h4-5,11,18,21H,3,6-10,12H2,1-2H3/t18-/m1/s1. The van der Waals surface area contributed by atoms with Crippen molar-refractivity contribution < 1.29 is 9.13 Å². The summed E-state index contributed by atoms with van der Waals surface area (Å²) in [7, 11) is 2.01. The average molecular weight is 344 g/mol. The van der Waals surface area contributed by atoms with E-state index in [1.807, 2.05) is 17.8 Å². The first kappa shape index (κ1) is 16.5. The minimum absolute atomic E-state index is 0.142. The Labute approximate surface area is 147 Å². The summed E-state index contributed by atoms with van der Waals surface area (Å²) in [5, 5.41) is 8.31. The maximum atomic E-state index is 13.4. The first-order valence-corrected chi connectivity index (χ1v) is 9.00. The molecule has 1 atom stereocenters. The molecule has 25 heavy (non-hydrogen) atoms. The fourth-order valence-electron chi connectivity index (χ4n) is 4.09. The summed E-state index contributed by atoms with van der Waals surface area (Å²) in [6, 6.07) is 5.44. The van der Waals surface area contributed by atoms with Gasteiger partial charge in [-0.1, -0.05) is 6.07 Å². The fraction of sp³-hybridized carbons (Fsp3) is 0.526. The van der Waals surface area contributed by atoms with Crippen molar-refractivity contribution >= 4 is 5.82 Å². The molecule has 134 valence electrons. The van der Waals surface area contributed by atoms with Crippen molar-refractivity contribution in [3.8, 4) is 0 Å². The van der Waals surface area contributed by atoms with Crippen molar-refractivity contribution in [2.45, 2.75) is 32.4 Å². The Balaban J connectivity index is 1.52. The normalized spacial score (nSPS) is 20.1. The van der Waals surface area contributed by atoms with Crippen LogP contribution in [0.25, 0.3) is 0 Å². The van der Waals surface area contributed by atoms with Crippen LogP contribution in [0.15, 0.2) is 18.2 Å². The maximum Gasteiger partial charge on any atom is 0.131 e. The third-order valence-corrected chi connectivity index (χ3v) is 5.33. The molecule has 0 radical (unpaired) electrons. The molecule has 1 aliphatic carbocycles. The quantitative estimate of drug-likeness (QED) is 0.925. The number of hydrogen-bond acceptors (Lipinski definition) is 4. The molecule has 2 heterocycles. The first-order chi connectivity index (χ1) is 12.1. The number of aromatic nitrogens is 2. The summed E-state index contributed by atoms with van der Waals surface area (Å²) in [6.07, 6.45) is 1.96. The Hall–Kier alpha value is -1.92. The number of fused-ring (bicyclic) bond motifs is 1. The van der Waals surface area contributed by atoms with Crippen LogP contribution >= 0.6 is 0 Å². The number of aryl methyl sites for hydroxylation is 3. The Morgan fingerprint density at radius 1 is 1.32 bits per heavy atom. The van der Waals surface area contributed by atoms with Crippen molar-refractivity contribution in [3.63, 3.8) is 0 Å². The van der Waals surface area contributed by atoms with E-state index < -0.39 is 0 Å². The van der Waals surface area contributed by atoms with Crippen LogP contribution in [0.2, 0.25) is 0 Å². The van der Waals surface area contributed by atoms with Crippen molar-refractivity contribution in [1.82, 2.24) is 15.1 Å². The van der Waals surface area contributed by atoms with E-state index >= 15 is 0 Å². The molecule has 1 N–H and O–H groups in total. The van der Waals surface area contributed by atoms with Gasteiger partial charge in [0, 0.05) is 38.3 Å². The molecular formula is C19H25FN4O. The van der Waals surface area contributed by atoms with Gasteiger partial charge in [-0.25, -0.2) is 4.39 Å². The largest absolute Gasteiger partial charge is 0.378 e. The fourth-order valence-corrected chi connectivity index (χ4v) is 4.09. The number of benzene rings is 1. The van der Waals surface area contributed by atoms with Crippen molar-refractivity contribution in [1.29, 1.82) is 0 Å². The highest BCUT2D eigenvalue weighted by Crippen LogP contribution is 2.32. The van der Waals surface area contributed by atoms with Crippen LogP contribution in [0, 0.1) is 12.7 Å². The summed E-state index contributed by atoms with van der Waals surface area (Å²) in [6.45, 7) is 6.17. The molecule has 2 aromatic rings. The molecule has 1 aromatic heterocycles. The van der Waals surface area contributed by atoms with E-state index in [9.17, 15) is 4.39 Å². The van der Waals surface area contributed by atoms with E-state index in [1.165, 1.54) is 16.9 Å². The molecule has 2 aliphatic rings. The predicted molar refractivity (Wildman–Crippen MR) is 95.3 cm³/mol. The minimum Gasteiger partial charge on any atom is -0.378 e. The van der Waals surface area contributed by atoms with Gasteiger partial charge in [0.25, 0.3) is 0 Å². The zero-order valence-corrected chi connectivity index (χ0v) is 14.9. The molecule has 4 rings (SSSR count). The van der Waals surface area contributed by atoms with Crippen molar-refractivity contribution in [2.75, 3.05) is 31.2 Å². The average Bonchev–Trinajstić information content (AvgIpc) is 3.13. The predicted octanol–water partition coefficient (Wildman–Crippen LogP) is 2.48. The number of nitrogens with one attached hydrogen (secondary N) is 1.